The Morgan fingerprint density at radius 2 is 2.00 bits per heavy atom. The van der Waals surface area contributed by atoms with Gasteiger partial charge in [0.2, 0.25) is 11.8 Å². The molecule has 1 fully saturated rings. The lowest BCUT2D eigenvalue weighted by Crippen LogP contribution is -2.36. The topological polar surface area (TPSA) is 77.8 Å². The number of benzene rings is 1. The Bertz CT molecular complexity index is 524. The maximum atomic E-state index is 12.1. The molecule has 2 amide bonds. The van der Waals surface area contributed by atoms with Crippen molar-refractivity contribution in [3.05, 3.63) is 23.8 Å². The predicted octanol–water partition coefficient (Wildman–Crippen LogP) is 1.42. The first kappa shape index (κ1) is 13.4. The molecule has 2 N–H and O–H groups in total. The average Bonchev–Trinajstić information content (AvgIpc) is 2.58. The van der Waals surface area contributed by atoms with E-state index in [-0.39, 0.29) is 35.8 Å². The summed E-state index contributed by atoms with van der Waals surface area (Å²) in [6, 6.07) is 4.12. The number of aromatic hydroxyl groups is 2. The van der Waals surface area contributed by atoms with E-state index in [2.05, 4.69) is 0 Å². The van der Waals surface area contributed by atoms with Gasteiger partial charge in [0.05, 0.1) is 5.92 Å². The highest BCUT2D eigenvalue weighted by molar-refractivity contribution is 6.03. The second-order valence-corrected chi connectivity index (χ2v) is 5.11. The highest BCUT2D eigenvalue weighted by Crippen LogP contribution is 2.30. The molecule has 0 spiro atoms. The number of rotatable bonds is 3. The van der Waals surface area contributed by atoms with Crippen LogP contribution in [0.4, 0.5) is 0 Å². The van der Waals surface area contributed by atoms with Gasteiger partial charge in [0.1, 0.15) is 11.5 Å². The van der Waals surface area contributed by atoms with Gasteiger partial charge in [0.25, 0.3) is 0 Å². The zero-order valence-corrected chi connectivity index (χ0v) is 11.0. The Labute approximate surface area is 111 Å². The van der Waals surface area contributed by atoms with Crippen LogP contribution in [-0.2, 0) is 16.0 Å². The van der Waals surface area contributed by atoms with Gasteiger partial charge in [-0.25, -0.2) is 0 Å². The van der Waals surface area contributed by atoms with Gasteiger partial charge in [-0.1, -0.05) is 6.07 Å². The van der Waals surface area contributed by atoms with E-state index in [1.165, 1.54) is 17.0 Å². The first-order chi connectivity index (χ1) is 8.90. The minimum Gasteiger partial charge on any atom is -0.508 e. The van der Waals surface area contributed by atoms with Crippen LogP contribution in [0.2, 0.25) is 0 Å². The number of hydrogen-bond donors (Lipinski definition) is 2. The highest BCUT2D eigenvalue weighted by Gasteiger charge is 2.39. The van der Waals surface area contributed by atoms with Gasteiger partial charge in [0.15, 0.2) is 0 Å². The maximum absolute atomic E-state index is 12.1. The van der Waals surface area contributed by atoms with Crippen molar-refractivity contribution in [1.29, 1.82) is 0 Å². The number of imide groups is 1. The summed E-state index contributed by atoms with van der Waals surface area (Å²) in [7, 11) is 0. The van der Waals surface area contributed by atoms with Crippen LogP contribution in [0, 0.1) is 5.92 Å². The molecule has 0 saturated carbocycles. The van der Waals surface area contributed by atoms with Crippen LogP contribution < -0.4 is 0 Å². The quantitative estimate of drug-likeness (QED) is 0.808. The van der Waals surface area contributed by atoms with Gasteiger partial charge < -0.3 is 10.2 Å². The third kappa shape index (κ3) is 2.54. The molecule has 0 bridgehead atoms. The average molecular weight is 263 g/mol. The Hall–Kier alpha value is -2.04. The Morgan fingerprint density at radius 3 is 2.53 bits per heavy atom. The fraction of sp³-hybridized carbons (Fsp3) is 0.429. The fourth-order valence-electron chi connectivity index (χ4n) is 2.41. The molecule has 2 rings (SSSR count). The van der Waals surface area contributed by atoms with Crippen molar-refractivity contribution in [2.24, 2.45) is 5.92 Å². The molecule has 0 radical (unpaired) electrons. The third-order valence-electron chi connectivity index (χ3n) is 3.33. The predicted molar refractivity (Wildman–Crippen MR) is 68.6 cm³/mol. The number of amides is 2. The minimum absolute atomic E-state index is 0.0288. The number of phenolic OH excluding ortho intramolecular Hbond substituents is 2. The summed E-state index contributed by atoms with van der Waals surface area (Å²) in [4.78, 5) is 25.2. The monoisotopic (exact) mass is 263 g/mol. The minimum atomic E-state index is -0.426. The van der Waals surface area contributed by atoms with Gasteiger partial charge in [-0.15, -0.1) is 0 Å². The van der Waals surface area contributed by atoms with Gasteiger partial charge in [-0.05, 0) is 31.9 Å². The van der Waals surface area contributed by atoms with Gasteiger partial charge >= 0.3 is 0 Å². The summed E-state index contributed by atoms with van der Waals surface area (Å²) >= 11 is 0. The zero-order valence-electron chi connectivity index (χ0n) is 11.0. The Balaban J connectivity index is 2.16. The standard InChI is InChI=1S/C14H17NO4/c1-8(2)15-13(18)6-10(14(15)19)5-9-3-4-11(16)7-12(9)17/h3-4,7-8,10,16-17H,5-6H2,1-2H3. The summed E-state index contributed by atoms with van der Waals surface area (Å²) in [6.07, 6.45) is 0.483. The molecular weight excluding hydrogens is 246 g/mol. The van der Waals surface area contributed by atoms with Crippen LogP contribution in [0.15, 0.2) is 18.2 Å². The van der Waals surface area contributed by atoms with E-state index in [1.807, 2.05) is 0 Å². The lowest BCUT2D eigenvalue weighted by Gasteiger charge is -2.19. The number of carbonyl (C=O) groups excluding carboxylic acids is 2. The first-order valence-electron chi connectivity index (χ1n) is 6.27. The van der Waals surface area contributed by atoms with Crippen molar-refractivity contribution < 1.29 is 19.8 Å². The van der Waals surface area contributed by atoms with Crippen molar-refractivity contribution in [3.63, 3.8) is 0 Å². The van der Waals surface area contributed by atoms with E-state index < -0.39 is 5.92 Å². The summed E-state index contributed by atoms with van der Waals surface area (Å²) in [5.74, 6) is -0.858. The number of phenols is 2. The molecule has 1 heterocycles. The second-order valence-electron chi connectivity index (χ2n) is 5.11. The molecule has 1 aliphatic heterocycles. The van der Waals surface area contributed by atoms with Gasteiger partial charge in [0, 0.05) is 18.5 Å². The number of likely N-dealkylation sites (tertiary alicyclic amines) is 1. The maximum Gasteiger partial charge on any atom is 0.233 e. The van der Waals surface area contributed by atoms with Crippen LogP contribution >= 0.6 is 0 Å². The number of carbonyl (C=O) groups is 2. The van der Waals surface area contributed by atoms with Crippen LogP contribution in [-0.4, -0.2) is 33.0 Å². The SMILES string of the molecule is CC(C)N1C(=O)CC(Cc2ccc(O)cc2O)C1=O. The first-order valence-corrected chi connectivity index (χ1v) is 6.27. The van der Waals surface area contributed by atoms with E-state index >= 15 is 0 Å². The second kappa shape index (κ2) is 4.91. The van der Waals surface area contributed by atoms with E-state index in [0.717, 1.165) is 0 Å². The third-order valence-corrected chi connectivity index (χ3v) is 3.33. The zero-order chi connectivity index (χ0) is 14.2. The number of hydrogen-bond acceptors (Lipinski definition) is 4. The molecule has 1 aromatic carbocycles. The van der Waals surface area contributed by atoms with E-state index in [9.17, 15) is 19.8 Å². The summed E-state index contributed by atoms with van der Waals surface area (Å²) in [5, 5.41) is 18.9. The molecule has 1 atom stereocenters. The smallest absolute Gasteiger partial charge is 0.233 e. The van der Waals surface area contributed by atoms with Crippen molar-refractivity contribution >= 4 is 11.8 Å². The van der Waals surface area contributed by atoms with Crippen LogP contribution in [0.3, 0.4) is 0 Å². The molecule has 5 nitrogen and oxygen atoms in total. The van der Waals surface area contributed by atoms with Crippen molar-refractivity contribution in [2.75, 3.05) is 0 Å². The molecule has 1 aromatic rings. The van der Waals surface area contributed by atoms with Crippen molar-refractivity contribution in [2.45, 2.75) is 32.7 Å². The van der Waals surface area contributed by atoms with E-state index in [0.29, 0.717) is 12.0 Å². The van der Waals surface area contributed by atoms with E-state index in [1.54, 1.807) is 19.9 Å². The highest BCUT2D eigenvalue weighted by atomic mass is 16.3. The van der Waals surface area contributed by atoms with Gasteiger partial charge in [-0.2, -0.15) is 0 Å². The summed E-state index contributed by atoms with van der Waals surface area (Å²) in [5.41, 5.74) is 0.564. The molecule has 0 aliphatic carbocycles. The molecular formula is C14H17NO4. The normalized spacial score (nSPS) is 19.5. The summed E-state index contributed by atoms with van der Waals surface area (Å²) < 4.78 is 0. The molecule has 19 heavy (non-hydrogen) atoms. The lowest BCUT2D eigenvalue weighted by atomic mass is 9.97. The van der Waals surface area contributed by atoms with Crippen molar-refractivity contribution in [1.82, 2.24) is 4.90 Å². The molecule has 1 unspecified atom stereocenters. The Morgan fingerprint density at radius 1 is 1.32 bits per heavy atom. The number of nitrogens with zero attached hydrogens (tertiary/aromatic N) is 1. The summed E-state index contributed by atoms with van der Waals surface area (Å²) in [6.45, 7) is 3.60. The fourth-order valence-corrected chi connectivity index (χ4v) is 2.41. The van der Waals surface area contributed by atoms with E-state index in [4.69, 9.17) is 0 Å². The molecule has 1 aliphatic rings. The largest absolute Gasteiger partial charge is 0.508 e. The molecule has 5 heteroatoms. The van der Waals surface area contributed by atoms with Gasteiger partial charge in [-0.3, -0.25) is 14.5 Å². The van der Waals surface area contributed by atoms with Crippen LogP contribution in [0.25, 0.3) is 0 Å². The van der Waals surface area contributed by atoms with Crippen LogP contribution in [0.1, 0.15) is 25.8 Å². The van der Waals surface area contributed by atoms with Crippen molar-refractivity contribution in [3.8, 4) is 11.5 Å². The molecule has 102 valence electrons. The Kier molecular flexibility index (Phi) is 3.46. The molecule has 1 saturated heterocycles. The molecule has 0 aromatic heterocycles. The lowest BCUT2D eigenvalue weighted by molar-refractivity contribution is -0.141. The van der Waals surface area contributed by atoms with Crippen LogP contribution in [0.5, 0.6) is 11.5 Å².